The molecule has 98 valence electrons. The fraction of sp³-hybridized carbons (Fsp3) is 0.133. The van der Waals surface area contributed by atoms with E-state index in [0.29, 0.717) is 5.69 Å². The van der Waals surface area contributed by atoms with Crippen LogP contribution in [-0.2, 0) is 4.79 Å². The van der Waals surface area contributed by atoms with Crippen LogP contribution >= 0.6 is 0 Å². The van der Waals surface area contributed by atoms with E-state index in [0.717, 1.165) is 5.69 Å². The molecule has 0 atom stereocenters. The zero-order chi connectivity index (χ0) is 13.7. The molecule has 0 aliphatic carbocycles. The number of anilines is 2. The third-order valence-electron chi connectivity index (χ3n) is 2.63. The van der Waals surface area contributed by atoms with Crippen LogP contribution < -0.4 is 10.6 Å². The zero-order valence-corrected chi connectivity index (χ0v) is 10.6. The summed E-state index contributed by atoms with van der Waals surface area (Å²) in [6.45, 7) is 2.17. The third-order valence-corrected chi connectivity index (χ3v) is 2.63. The van der Waals surface area contributed by atoms with E-state index in [1.165, 1.54) is 29.8 Å². The number of hydrogen-bond donors (Lipinski definition) is 2. The summed E-state index contributed by atoms with van der Waals surface area (Å²) in [5.41, 5.74) is 2.64. The summed E-state index contributed by atoms with van der Waals surface area (Å²) < 4.78 is 12.7. The SMILES string of the molecule is Cc1ccc(NCC(=O)Nc2ccc(F)cc2)cc1. The van der Waals surface area contributed by atoms with Crippen LogP contribution in [0.3, 0.4) is 0 Å². The van der Waals surface area contributed by atoms with Crippen LogP contribution in [0.15, 0.2) is 48.5 Å². The first-order valence-corrected chi connectivity index (χ1v) is 5.99. The van der Waals surface area contributed by atoms with Gasteiger partial charge in [0.05, 0.1) is 6.54 Å². The van der Waals surface area contributed by atoms with Gasteiger partial charge < -0.3 is 10.6 Å². The highest BCUT2D eigenvalue weighted by molar-refractivity contribution is 5.93. The van der Waals surface area contributed by atoms with Crippen LogP contribution in [-0.4, -0.2) is 12.5 Å². The lowest BCUT2D eigenvalue weighted by Crippen LogP contribution is -2.21. The van der Waals surface area contributed by atoms with Gasteiger partial charge in [0.2, 0.25) is 5.91 Å². The van der Waals surface area contributed by atoms with E-state index in [-0.39, 0.29) is 18.3 Å². The summed E-state index contributed by atoms with van der Waals surface area (Å²) in [6, 6.07) is 13.5. The van der Waals surface area contributed by atoms with Gasteiger partial charge in [0, 0.05) is 11.4 Å². The van der Waals surface area contributed by atoms with Crippen molar-refractivity contribution in [2.45, 2.75) is 6.92 Å². The monoisotopic (exact) mass is 258 g/mol. The van der Waals surface area contributed by atoms with Gasteiger partial charge in [-0.25, -0.2) is 4.39 Å². The van der Waals surface area contributed by atoms with E-state index < -0.39 is 0 Å². The molecule has 0 aromatic heterocycles. The van der Waals surface area contributed by atoms with Crippen molar-refractivity contribution in [2.24, 2.45) is 0 Å². The number of carbonyl (C=O) groups excluding carboxylic acids is 1. The third kappa shape index (κ3) is 4.10. The highest BCUT2D eigenvalue weighted by Gasteiger charge is 2.02. The summed E-state index contributed by atoms with van der Waals surface area (Å²) in [4.78, 5) is 11.7. The number of benzene rings is 2. The average molecular weight is 258 g/mol. The largest absolute Gasteiger partial charge is 0.376 e. The van der Waals surface area contributed by atoms with E-state index in [2.05, 4.69) is 10.6 Å². The van der Waals surface area contributed by atoms with Crippen LogP contribution in [0.2, 0.25) is 0 Å². The molecule has 1 amide bonds. The minimum Gasteiger partial charge on any atom is -0.376 e. The first kappa shape index (κ1) is 13.1. The van der Waals surface area contributed by atoms with Crippen molar-refractivity contribution in [3.63, 3.8) is 0 Å². The molecule has 0 saturated heterocycles. The fourth-order valence-electron chi connectivity index (χ4n) is 1.59. The highest BCUT2D eigenvalue weighted by Crippen LogP contribution is 2.10. The Balaban J connectivity index is 1.84. The van der Waals surface area contributed by atoms with Crippen molar-refractivity contribution in [1.82, 2.24) is 0 Å². The van der Waals surface area contributed by atoms with Crippen molar-refractivity contribution in [3.8, 4) is 0 Å². The topological polar surface area (TPSA) is 41.1 Å². The second-order valence-electron chi connectivity index (χ2n) is 4.27. The Kier molecular flexibility index (Phi) is 4.13. The highest BCUT2D eigenvalue weighted by atomic mass is 19.1. The molecule has 2 N–H and O–H groups in total. The number of nitrogens with one attached hydrogen (secondary N) is 2. The first-order valence-electron chi connectivity index (χ1n) is 5.99. The quantitative estimate of drug-likeness (QED) is 0.884. The minimum atomic E-state index is -0.323. The fourth-order valence-corrected chi connectivity index (χ4v) is 1.59. The normalized spacial score (nSPS) is 10.0. The maximum atomic E-state index is 12.7. The first-order chi connectivity index (χ1) is 9.13. The van der Waals surface area contributed by atoms with Crippen LogP contribution in [0.25, 0.3) is 0 Å². The number of carbonyl (C=O) groups is 1. The molecule has 2 aromatic carbocycles. The second-order valence-corrected chi connectivity index (χ2v) is 4.27. The molecule has 0 fully saturated rings. The Bertz CT molecular complexity index is 549. The Hall–Kier alpha value is -2.36. The molecule has 0 heterocycles. The number of rotatable bonds is 4. The van der Waals surface area contributed by atoms with Crippen molar-refractivity contribution in [2.75, 3.05) is 17.2 Å². The molecule has 2 rings (SSSR count). The van der Waals surface area contributed by atoms with Gasteiger partial charge in [-0.2, -0.15) is 0 Å². The van der Waals surface area contributed by atoms with Gasteiger partial charge >= 0.3 is 0 Å². The molecule has 0 saturated carbocycles. The molecule has 0 aliphatic heterocycles. The van der Waals surface area contributed by atoms with E-state index in [4.69, 9.17) is 0 Å². The van der Waals surface area contributed by atoms with Gasteiger partial charge in [0.15, 0.2) is 0 Å². The summed E-state index contributed by atoms with van der Waals surface area (Å²) >= 11 is 0. The van der Waals surface area contributed by atoms with Crippen molar-refractivity contribution >= 4 is 17.3 Å². The predicted octanol–water partition coefficient (Wildman–Crippen LogP) is 3.18. The zero-order valence-electron chi connectivity index (χ0n) is 10.6. The molecule has 0 radical (unpaired) electrons. The average Bonchev–Trinajstić information content (AvgIpc) is 2.41. The van der Waals surface area contributed by atoms with Crippen molar-refractivity contribution in [1.29, 1.82) is 0 Å². The summed E-state index contributed by atoms with van der Waals surface area (Å²) in [7, 11) is 0. The number of halogens is 1. The van der Waals surface area contributed by atoms with Crippen molar-refractivity contribution < 1.29 is 9.18 Å². The summed E-state index contributed by atoms with van der Waals surface area (Å²) in [6.07, 6.45) is 0. The predicted molar refractivity (Wildman–Crippen MR) is 74.7 cm³/mol. The Morgan fingerprint density at radius 1 is 1.00 bits per heavy atom. The Labute approximate surface area is 111 Å². The molecule has 0 unspecified atom stereocenters. The lowest BCUT2D eigenvalue weighted by molar-refractivity contribution is -0.114. The van der Waals surface area contributed by atoms with Gasteiger partial charge in [0.25, 0.3) is 0 Å². The molecule has 4 heteroatoms. The van der Waals surface area contributed by atoms with Crippen LogP contribution in [0, 0.1) is 12.7 Å². The van der Waals surface area contributed by atoms with E-state index in [9.17, 15) is 9.18 Å². The molecule has 0 bridgehead atoms. The number of amides is 1. The smallest absolute Gasteiger partial charge is 0.243 e. The van der Waals surface area contributed by atoms with Crippen LogP contribution in [0.5, 0.6) is 0 Å². The van der Waals surface area contributed by atoms with Gasteiger partial charge in [-0.3, -0.25) is 4.79 Å². The van der Waals surface area contributed by atoms with E-state index in [1.54, 1.807) is 0 Å². The molecule has 19 heavy (non-hydrogen) atoms. The molecule has 2 aromatic rings. The van der Waals surface area contributed by atoms with Crippen LogP contribution in [0.4, 0.5) is 15.8 Å². The lowest BCUT2D eigenvalue weighted by Gasteiger charge is -2.08. The van der Waals surface area contributed by atoms with Crippen molar-refractivity contribution in [3.05, 3.63) is 59.9 Å². The number of hydrogen-bond acceptors (Lipinski definition) is 2. The minimum absolute atomic E-state index is 0.167. The van der Waals surface area contributed by atoms with Crippen LogP contribution in [0.1, 0.15) is 5.56 Å². The van der Waals surface area contributed by atoms with Gasteiger partial charge in [0.1, 0.15) is 5.82 Å². The second kappa shape index (κ2) is 6.00. The maximum absolute atomic E-state index is 12.7. The Morgan fingerprint density at radius 3 is 2.21 bits per heavy atom. The summed E-state index contributed by atoms with van der Waals surface area (Å²) in [5.74, 6) is -0.497. The van der Waals surface area contributed by atoms with E-state index in [1.807, 2.05) is 31.2 Å². The molecule has 0 aliphatic rings. The molecule has 3 nitrogen and oxygen atoms in total. The summed E-state index contributed by atoms with van der Waals surface area (Å²) in [5, 5.41) is 5.70. The standard InChI is InChI=1S/C15H15FN2O/c1-11-2-6-13(7-3-11)17-10-15(19)18-14-8-4-12(16)5-9-14/h2-9,17H,10H2,1H3,(H,18,19). The lowest BCUT2D eigenvalue weighted by atomic mass is 10.2. The Morgan fingerprint density at radius 2 is 1.58 bits per heavy atom. The number of aryl methyl sites for hydroxylation is 1. The van der Waals surface area contributed by atoms with Gasteiger partial charge in [-0.15, -0.1) is 0 Å². The molecular formula is C15H15FN2O. The maximum Gasteiger partial charge on any atom is 0.243 e. The molecular weight excluding hydrogens is 243 g/mol. The molecule has 0 spiro atoms. The van der Waals surface area contributed by atoms with E-state index >= 15 is 0 Å². The van der Waals surface area contributed by atoms with Gasteiger partial charge in [-0.05, 0) is 43.3 Å². The van der Waals surface area contributed by atoms with Gasteiger partial charge in [-0.1, -0.05) is 17.7 Å².